The van der Waals surface area contributed by atoms with Crippen molar-refractivity contribution in [1.29, 1.82) is 0 Å². The first-order valence-electron chi connectivity index (χ1n) is 6.62. The van der Waals surface area contributed by atoms with Crippen LogP contribution in [0.3, 0.4) is 0 Å². The van der Waals surface area contributed by atoms with Crippen molar-refractivity contribution in [3.63, 3.8) is 0 Å². The number of nitrogens with zero attached hydrogens (tertiary/aromatic N) is 1. The van der Waals surface area contributed by atoms with Gasteiger partial charge in [-0.3, -0.25) is 4.79 Å². The van der Waals surface area contributed by atoms with E-state index in [1.165, 1.54) is 0 Å². The van der Waals surface area contributed by atoms with E-state index in [1.54, 1.807) is 11.9 Å². The van der Waals surface area contributed by atoms with Gasteiger partial charge in [-0.2, -0.15) is 0 Å². The number of aryl methyl sites for hydroxylation is 1. The Bertz CT molecular complexity index is 424. The van der Waals surface area contributed by atoms with Crippen LogP contribution >= 0.6 is 12.4 Å². The van der Waals surface area contributed by atoms with E-state index in [0.29, 0.717) is 13.2 Å². The van der Waals surface area contributed by atoms with Crippen LogP contribution < -0.4 is 10.5 Å². The summed E-state index contributed by atoms with van der Waals surface area (Å²) in [4.78, 5) is 13.6. The number of rotatable bonds is 6. The number of benzene rings is 1. The first kappa shape index (κ1) is 18.7. The molecule has 0 fully saturated rings. The van der Waals surface area contributed by atoms with Crippen molar-refractivity contribution in [3.8, 4) is 5.75 Å². The van der Waals surface area contributed by atoms with Gasteiger partial charge in [0.25, 0.3) is 0 Å². The molecule has 114 valence electrons. The van der Waals surface area contributed by atoms with E-state index >= 15 is 0 Å². The van der Waals surface area contributed by atoms with Crippen molar-refractivity contribution in [1.82, 2.24) is 4.90 Å². The summed E-state index contributed by atoms with van der Waals surface area (Å²) < 4.78 is 5.61. The topological polar surface area (TPSA) is 55.6 Å². The van der Waals surface area contributed by atoms with Gasteiger partial charge in [0.1, 0.15) is 12.4 Å². The Morgan fingerprint density at radius 1 is 1.40 bits per heavy atom. The molecule has 1 aromatic carbocycles. The van der Waals surface area contributed by atoms with Crippen LogP contribution in [0.15, 0.2) is 24.3 Å². The van der Waals surface area contributed by atoms with E-state index in [1.807, 2.05) is 45.0 Å². The number of ether oxygens (including phenoxy) is 1. The third-order valence-electron chi connectivity index (χ3n) is 3.06. The number of carbonyl (C=O) groups is 1. The van der Waals surface area contributed by atoms with E-state index in [-0.39, 0.29) is 24.2 Å². The molecule has 0 aliphatic heterocycles. The number of amides is 1. The smallest absolute Gasteiger partial charge is 0.239 e. The van der Waals surface area contributed by atoms with Gasteiger partial charge in [0, 0.05) is 7.05 Å². The number of nitrogens with two attached hydrogens (primary N) is 1. The molecule has 4 nitrogen and oxygen atoms in total. The molecule has 0 bridgehead atoms. The Morgan fingerprint density at radius 2 is 2.05 bits per heavy atom. The Balaban J connectivity index is 0.00000361. The highest BCUT2D eigenvalue weighted by atomic mass is 35.5. The molecule has 0 spiro atoms. The second-order valence-corrected chi connectivity index (χ2v) is 5.19. The van der Waals surface area contributed by atoms with Crippen LogP contribution in [-0.2, 0) is 4.79 Å². The number of hydrogen-bond acceptors (Lipinski definition) is 3. The number of likely N-dealkylation sites (N-methyl/N-ethyl adjacent to an activating group) is 1. The summed E-state index contributed by atoms with van der Waals surface area (Å²) in [5.41, 5.74) is 6.99. The molecule has 0 saturated heterocycles. The standard InChI is InChI=1S/C15H24N2O2.ClH/c1-11(2)14(16)15(18)17(4)8-9-19-13-7-5-6-12(3)10-13;/h5-7,10-11,14H,8-9,16H2,1-4H3;1H/t14-;/m1./s1. The summed E-state index contributed by atoms with van der Waals surface area (Å²) in [5, 5.41) is 0. The van der Waals surface area contributed by atoms with Crippen molar-refractivity contribution in [2.24, 2.45) is 11.7 Å². The minimum atomic E-state index is -0.441. The van der Waals surface area contributed by atoms with Gasteiger partial charge in [0.05, 0.1) is 12.6 Å². The highest BCUT2D eigenvalue weighted by Crippen LogP contribution is 2.12. The molecule has 2 N–H and O–H groups in total. The largest absolute Gasteiger partial charge is 0.492 e. The lowest BCUT2D eigenvalue weighted by atomic mass is 10.0. The summed E-state index contributed by atoms with van der Waals surface area (Å²) in [5.74, 6) is 0.935. The zero-order valence-corrected chi connectivity index (χ0v) is 13.4. The molecule has 5 heteroatoms. The van der Waals surface area contributed by atoms with E-state index in [2.05, 4.69) is 0 Å². The Kier molecular flexibility index (Phi) is 8.26. The minimum Gasteiger partial charge on any atom is -0.492 e. The van der Waals surface area contributed by atoms with Crippen LogP contribution in [-0.4, -0.2) is 37.0 Å². The molecule has 1 amide bonds. The van der Waals surface area contributed by atoms with Crippen LogP contribution in [0.2, 0.25) is 0 Å². The Morgan fingerprint density at radius 3 is 2.60 bits per heavy atom. The monoisotopic (exact) mass is 300 g/mol. The molecule has 1 aromatic rings. The summed E-state index contributed by atoms with van der Waals surface area (Å²) >= 11 is 0. The Labute approximate surface area is 127 Å². The third-order valence-corrected chi connectivity index (χ3v) is 3.06. The molecule has 0 aliphatic rings. The SMILES string of the molecule is Cc1cccc(OCCN(C)C(=O)[C@H](N)C(C)C)c1.Cl. The summed E-state index contributed by atoms with van der Waals surface area (Å²) in [6, 6.07) is 7.42. The van der Waals surface area contributed by atoms with Crippen LogP contribution in [0.25, 0.3) is 0 Å². The van der Waals surface area contributed by atoms with Gasteiger partial charge in [-0.25, -0.2) is 0 Å². The van der Waals surface area contributed by atoms with Gasteiger partial charge in [-0.15, -0.1) is 12.4 Å². The van der Waals surface area contributed by atoms with Crippen LogP contribution in [0, 0.1) is 12.8 Å². The van der Waals surface area contributed by atoms with Crippen LogP contribution in [0.1, 0.15) is 19.4 Å². The average molecular weight is 301 g/mol. The van der Waals surface area contributed by atoms with Gasteiger partial charge in [-0.1, -0.05) is 26.0 Å². The maximum atomic E-state index is 11.9. The molecular formula is C15H25ClN2O2. The molecule has 1 atom stereocenters. The molecule has 0 radical (unpaired) electrons. The lowest BCUT2D eigenvalue weighted by Gasteiger charge is -2.23. The second kappa shape index (κ2) is 8.82. The highest BCUT2D eigenvalue weighted by Gasteiger charge is 2.20. The third kappa shape index (κ3) is 5.80. The van der Waals surface area contributed by atoms with Crippen LogP contribution in [0.5, 0.6) is 5.75 Å². The molecule has 1 rings (SSSR count). The minimum absolute atomic E-state index is 0. The maximum Gasteiger partial charge on any atom is 0.239 e. The van der Waals surface area contributed by atoms with Crippen molar-refractivity contribution in [3.05, 3.63) is 29.8 Å². The fraction of sp³-hybridized carbons (Fsp3) is 0.533. The normalized spacial score (nSPS) is 11.7. The zero-order valence-electron chi connectivity index (χ0n) is 12.6. The van der Waals surface area contributed by atoms with Crippen LogP contribution in [0.4, 0.5) is 0 Å². The lowest BCUT2D eigenvalue weighted by molar-refractivity contribution is -0.132. The van der Waals surface area contributed by atoms with E-state index in [9.17, 15) is 4.79 Å². The van der Waals surface area contributed by atoms with Gasteiger partial charge < -0.3 is 15.4 Å². The number of hydrogen-bond donors (Lipinski definition) is 1. The summed E-state index contributed by atoms with van der Waals surface area (Å²) in [6.45, 7) is 6.91. The maximum absolute atomic E-state index is 11.9. The van der Waals surface area contributed by atoms with Crippen molar-refractivity contribution in [2.45, 2.75) is 26.8 Å². The fourth-order valence-electron chi connectivity index (χ4n) is 1.66. The van der Waals surface area contributed by atoms with Crippen molar-refractivity contribution in [2.75, 3.05) is 20.2 Å². The quantitative estimate of drug-likeness (QED) is 0.876. The van der Waals surface area contributed by atoms with Gasteiger partial charge in [0.2, 0.25) is 5.91 Å². The first-order valence-corrected chi connectivity index (χ1v) is 6.62. The number of halogens is 1. The molecular weight excluding hydrogens is 276 g/mol. The molecule has 0 saturated carbocycles. The molecule has 0 heterocycles. The predicted octanol–water partition coefficient (Wildman–Crippen LogP) is 2.24. The summed E-state index contributed by atoms with van der Waals surface area (Å²) in [6.07, 6.45) is 0. The highest BCUT2D eigenvalue weighted by molar-refractivity contribution is 5.85. The van der Waals surface area contributed by atoms with Gasteiger partial charge in [0.15, 0.2) is 0 Å². The zero-order chi connectivity index (χ0) is 14.4. The van der Waals surface area contributed by atoms with E-state index in [0.717, 1.165) is 11.3 Å². The first-order chi connectivity index (χ1) is 8.91. The second-order valence-electron chi connectivity index (χ2n) is 5.19. The molecule has 0 aliphatic carbocycles. The average Bonchev–Trinajstić information content (AvgIpc) is 2.36. The van der Waals surface area contributed by atoms with E-state index < -0.39 is 6.04 Å². The fourth-order valence-corrected chi connectivity index (χ4v) is 1.66. The lowest BCUT2D eigenvalue weighted by Crippen LogP contribution is -2.46. The number of carbonyl (C=O) groups excluding carboxylic acids is 1. The molecule has 0 aromatic heterocycles. The molecule has 20 heavy (non-hydrogen) atoms. The predicted molar refractivity (Wildman–Crippen MR) is 84.4 cm³/mol. The van der Waals surface area contributed by atoms with Crippen molar-refractivity contribution < 1.29 is 9.53 Å². The van der Waals surface area contributed by atoms with Gasteiger partial charge in [-0.05, 0) is 30.5 Å². The van der Waals surface area contributed by atoms with Crippen molar-refractivity contribution >= 4 is 18.3 Å². The van der Waals surface area contributed by atoms with Gasteiger partial charge >= 0.3 is 0 Å². The Hall–Kier alpha value is -1.26. The molecule has 0 unspecified atom stereocenters. The summed E-state index contributed by atoms with van der Waals surface area (Å²) in [7, 11) is 1.75. The van der Waals surface area contributed by atoms with E-state index in [4.69, 9.17) is 10.5 Å².